The van der Waals surface area contributed by atoms with Gasteiger partial charge in [0.2, 0.25) is 6.79 Å². The van der Waals surface area contributed by atoms with Crippen molar-refractivity contribution in [3.8, 4) is 11.5 Å². The molecule has 4 atom stereocenters. The van der Waals surface area contributed by atoms with Crippen LogP contribution in [-0.4, -0.2) is 25.0 Å². The maximum Gasteiger partial charge on any atom is 0.231 e. The smallest absolute Gasteiger partial charge is 0.231 e. The molecule has 0 amide bonds. The largest absolute Gasteiger partial charge is 0.454 e. The normalized spacial score (nSPS) is 36.8. The highest BCUT2D eigenvalue weighted by atomic mass is 16.7. The van der Waals surface area contributed by atoms with E-state index in [-0.39, 0.29) is 24.2 Å². The Hall–Kier alpha value is -1.52. The van der Waals surface area contributed by atoms with Crippen LogP contribution in [0, 0.1) is 0 Å². The van der Waals surface area contributed by atoms with E-state index in [9.17, 15) is 0 Å². The lowest BCUT2D eigenvalue weighted by Crippen LogP contribution is -2.32. The van der Waals surface area contributed by atoms with Gasteiger partial charge in [-0.15, -0.1) is 0 Å². The maximum atomic E-state index is 6.13. The molecule has 0 bridgehead atoms. The first-order valence-electron chi connectivity index (χ1n) is 5.82. The van der Waals surface area contributed by atoms with Crippen molar-refractivity contribution in [2.75, 3.05) is 6.79 Å². The Kier molecular flexibility index (Phi) is 1.81. The van der Waals surface area contributed by atoms with Gasteiger partial charge in [-0.05, 0) is 17.7 Å². The molecule has 4 nitrogen and oxygen atoms in total. The van der Waals surface area contributed by atoms with Gasteiger partial charge in [0.05, 0.1) is 6.10 Å². The fourth-order valence-electron chi connectivity index (χ4n) is 2.69. The van der Waals surface area contributed by atoms with Gasteiger partial charge in [-0.2, -0.15) is 0 Å². The van der Waals surface area contributed by atoms with Gasteiger partial charge in [-0.25, -0.2) is 0 Å². The summed E-state index contributed by atoms with van der Waals surface area (Å²) in [6.07, 6.45) is 4.57. The number of benzene rings is 1. The lowest BCUT2D eigenvalue weighted by Gasteiger charge is -2.22. The van der Waals surface area contributed by atoms with E-state index < -0.39 is 0 Å². The molecule has 1 fully saturated rings. The van der Waals surface area contributed by atoms with Crippen LogP contribution in [0.25, 0.3) is 0 Å². The van der Waals surface area contributed by atoms with Gasteiger partial charge in [0, 0.05) is 12.0 Å². The summed E-state index contributed by atoms with van der Waals surface area (Å²) in [6.45, 7) is 0.304. The molecule has 88 valence electrons. The average molecular weight is 231 g/mol. The third-order valence-electron chi connectivity index (χ3n) is 3.63. The Morgan fingerprint density at radius 3 is 2.94 bits per heavy atom. The molecule has 4 heteroatoms. The molecule has 1 aromatic rings. The quantitative estimate of drug-likeness (QED) is 0.582. The molecular formula is C13H13NO3. The maximum absolute atomic E-state index is 6.13. The molecule has 0 radical (unpaired) electrons. The zero-order valence-corrected chi connectivity index (χ0v) is 9.21. The number of fused-ring (bicyclic) bond motifs is 2. The first-order valence-corrected chi connectivity index (χ1v) is 5.82. The summed E-state index contributed by atoms with van der Waals surface area (Å²) in [6, 6.07) is 6.03. The monoisotopic (exact) mass is 231 g/mol. The summed E-state index contributed by atoms with van der Waals surface area (Å²) in [5.74, 6) is 1.84. The van der Waals surface area contributed by atoms with Crippen LogP contribution in [0.4, 0.5) is 0 Å². The van der Waals surface area contributed by atoms with E-state index in [4.69, 9.17) is 19.9 Å². The molecule has 2 N–H and O–H groups in total. The second-order valence-corrected chi connectivity index (χ2v) is 4.67. The standard InChI is InChI=1S/C13H13NO3/c14-8-2-4-10-13(17-10)12(8)7-1-3-9-11(5-7)16-6-15-9/h1-5,8,10,12-13H,6,14H2/t8-,10-,12+,13-/m0/s1. The molecule has 17 heavy (non-hydrogen) atoms. The number of rotatable bonds is 1. The Morgan fingerprint density at radius 2 is 2.00 bits per heavy atom. The summed E-state index contributed by atoms with van der Waals surface area (Å²) < 4.78 is 16.3. The Bertz CT molecular complexity index is 499. The van der Waals surface area contributed by atoms with Crippen molar-refractivity contribution in [3.63, 3.8) is 0 Å². The third-order valence-corrected chi connectivity index (χ3v) is 3.63. The minimum atomic E-state index is 0.0131. The SMILES string of the molecule is N[C@H]1C=C[C@@H]2O[C@@H]2[C@@H]1c1ccc2c(c1)OCO2. The fourth-order valence-corrected chi connectivity index (χ4v) is 2.69. The van der Waals surface area contributed by atoms with Crippen LogP contribution in [0.3, 0.4) is 0 Å². The highest BCUT2D eigenvalue weighted by Gasteiger charge is 2.48. The number of hydrogen-bond donors (Lipinski definition) is 1. The van der Waals surface area contributed by atoms with Crippen molar-refractivity contribution in [1.82, 2.24) is 0 Å². The van der Waals surface area contributed by atoms with Crippen LogP contribution in [0.15, 0.2) is 30.4 Å². The zero-order chi connectivity index (χ0) is 11.4. The van der Waals surface area contributed by atoms with Crippen molar-refractivity contribution in [2.45, 2.75) is 24.2 Å². The molecule has 1 aliphatic carbocycles. The van der Waals surface area contributed by atoms with Gasteiger partial charge in [0.25, 0.3) is 0 Å². The lowest BCUT2D eigenvalue weighted by molar-refractivity contribution is 0.174. The van der Waals surface area contributed by atoms with Crippen LogP contribution in [0.5, 0.6) is 11.5 Å². The van der Waals surface area contributed by atoms with Crippen molar-refractivity contribution in [1.29, 1.82) is 0 Å². The molecule has 0 saturated carbocycles. The van der Waals surface area contributed by atoms with E-state index in [0.717, 1.165) is 11.5 Å². The zero-order valence-electron chi connectivity index (χ0n) is 9.21. The van der Waals surface area contributed by atoms with Gasteiger partial charge in [0.1, 0.15) is 6.10 Å². The highest BCUT2D eigenvalue weighted by Crippen LogP contribution is 2.44. The van der Waals surface area contributed by atoms with Crippen molar-refractivity contribution >= 4 is 0 Å². The molecule has 4 rings (SSSR count). The topological polar surface area (TPSA) is 57.0 Å². The van der Waals surface area contributed by atoms with Gasteiger partial charge >= 0.3 is 0 Å². The molecule has 0 aromatic heterocycles. The van der Waals surface area contributed by atoms with E-state index in [0.29, 0.717) is 6.79 Å². The summed E-state index contributed by atoms with van der Waals surface area (Å²) >= 11 is 0. The molecule has 1 aromatic carbocycles. The van der Waals surface area contributed by atoms with Gasteiger partial charge in [-0.3, -0.25) is 0 Å². The van der Waals surface area contributed by atoms with Gasteiger partial charge in [-0.1, -0.05) is 18.2 Å². The van der Waals surface area contributed by atoms with Gasteiger partial charge in [0.15, 0.2) is 11.5 Å². The number of hydrogen-bond acceptors (Lipinski definition) is 4. The fraction of sp³-hybridized carbons (Fsp3) is 0.385. The molecule has 3 aliphatic rings. The van der Waals surface area contributed by atoms with Crippen LogP contribution in [-0.2, 0) is 4.74 Å². The second kappa shape index (κ2) is 3.24. The van der Waals surface area contributed by atoms with Crippen molar-refractivity contribution in [2.24, 2.45) is 5.73 Å². The molecule has 2 heterocycles. The van der Waals surface area contributed by atoms with Crippen LogP contribution in [0.1, 0.15) is 11.5 Å². The molecule has 0 spiro atoms. The predicted molar refractivity (Wildman–Crippen MR) is 61.1 cm³/mol. The van der Waals surface area contributed by atoms with Crippen LogP contribution in [0.2, 0.25) is 0 Å². The molecule has 1 saturated heterocycles. The summed E-state index contributed by atoms with van der Waals surface area (Å²) in [5, 5.41) is 0. The minimum Gasteiger partial charge on any atom is -0.454 e. The molecular weight excluding hydrogens is 218 g/mol. The first kappa shape index (κ1) is 9.50. The van der Waals surface area contributed by atoms with E-state index in [2.05, 4.69) is 12.1 Å². The average Bonchev–Trinajstić information content (AvgIpc) is 2.96. The predicted octanol–water partition coefficient (Wildman–Crippen LogP) is 1.16. The van der Waals surface area contributed by atoms with Crippen LogP contribution < -0.4 is 15.2 Å². The Labute approximate surface area is 99.0 Å². The number of epoxide rings is 1. The summed E-state index contributed by atoms with van der Waals surface area (Å²) in [7, 11) is 0. The van der Waals surface area contributed by atoms with E-state index >= 15 is 0 Å². The summed E-state index contributed by atoms with van der Waals surface area (Å²) in [5.41, 5.74) is 7.30. The third kappa shape index (κ3) is 1.38. The molecule has 0 unspecified atom stereocenters. The van der Waals surface area contributed by atoms with Gasteiger partial charge < -0.3 is 19.9 Å². The van der Waals surface area contributed by atoms with Crippen molar-refractivity contribution in [3.05, 3.63) is 35.9 Å². The van der Waals surface area contributed by atoms with E-state index in [1.165, 1.54) is 5.56 Å². The van der Waals surface area contributed by atoms with Crippen molar-refractivity contribution < 1.29 is 14.2 Å². The number of nitrogens with two attached hydrogens (primary N) is 1. The highest BCUT2D eigenvalue weighted by molar-refractivity contribution is 5.47. The number of ether oxygens (including phenoxy) is 3. The lowest BCUT2D eigenvalue weighted by atomic mass is 9.84. The van der Waals surface area contributed by atoms with E-state index in [1.54, 1.807) is 0 Å². The van der Waals surface area contributed by atoms with Crippen LogP contribution >= 0.6 is 0 Å². The molecule has 2 aliphatic heterocycles. The Morgan fingerprint density at radius 1 is 1.12 bits per heavy atom. The Balaban J connectivity index is 1.72. The second-order valence-electron chi connectivity index (χ2n) is 4.67. The van der Waals surface area contributed by atoms with E-state index in [1.807, 2.05) is 18.2 Å². The minimum absolute atomic E-state index is 0.0131. The summed E-state index contributed by atoms with van der Waals surface area (Å²) in [4.78, 5) is 0. The first-order chi connectivity index (χ1) is 8.33.